The Balaban J connectivity index is 1.45. The summed E-state index contributed by atoms with van der Waals surface area (Å²) in [4.78, 5) is 27.5. The van der Waals surface area contributed by atoms with Gasteiger partial charge in [0.2, 0.25) is 5.88 Å². The van der Waals surface area contributed by atoms with Crippen molar-refractivity contribution in [2.75, 3.05) is 18.8 Å². The summed E-state index contributed by atoms with van der Waals surface area (Å²) >= 11 is 0. The second-order valence-electron chi connectivity index (χ2n) is 7.20. The molecule has 0 saturated carbocycles. The van der Waals surface area contributed by atoms with Gasteiger partial charge in [0, 0.05) is 37.6 Å². The Bertz CT molecular complexity index is 998. The highest BCUT2D eigenvalue weighted by Crippen LogP contribution is 2.33. The number of anilines is 1. The highest BCUT2D eigenvalue weighted by Gasteiger charge is 2.28. The molecule has 148 valence electrons. The minimum absolute atomic E-state index is 0.0219. The number of aromatic nitrogens is 3. The van der Waals surface area contributed by atoms with Crippen molar-refractivity contribution in [3.63, 3.8) is 0 Å². The van der Waals surface area contributed by atoms with Gasteiger partial charge in [0.05, 0.1) is 5.56 Å². The number of amides is 1. The van der Waals surface area contributed by atoms with E-state index in [1.54, 1.807) is 24.5 Å². The Morgan fingerprint density at radius 1 is 1.10 bits per heavy atom. The molecule has 3 heterocycles. The molecule has 2 N–H and O–H groups in total. The summed E-state index contributed by atoms with van der Waals surface area (Å²) in [6.45, 7) is 3.32. The number of likely N-dealkylation sites (tertiary alicyclic amines) is 1. The summed E-state index contributed by atoms with van der Waals surface area (Å²) in [7, 11) is 0. The lowest BCUT2D eigenvalue weighted by Crippen LogP contribution is -2.38. The molecule has 1 fully saturated rings. The van der Waals surface area contributed by atoms with Gasteiger partial charge in [-0.2, -0.15) is 0 Å². The number of nitrogen functional groups attached to an aromatic ring is 1. The third kappa shape index (κ3) is 4.34. The first-order chi connectivity index (χ1) is 14.1. The molecule has 7 heteroatoms. The van der Waals surface area contributed by atoms with Crippen LogP contribution in [0.3, 0.4) is 0 Å². The van der Waals surface area contributed by atoms with E-state index < -0.39 is 0 Å². The molecule has 1 amide bonds. The van der Waals surface area contributed by atoms with Gasteiger partial charge >= 0.3 is 0 Å². The molecule has 1 saturated heterocycles. The Morgan fingerprint density at radius 3 is 2.62 bits per heavy atom. The highest BCUT2D eigenvalue weighted by atomic mass is 16.5. The molecule has 3 aromatic rings. The third-order valence-corrected chi connectivity index (χ3v) is 5.10. The zero-order chi connectivity index (χ0) is 20.2. The van der Waals surface area contributed by atoms with Crippen LogP contribution in [0.4, 0.5) is 5.82 Å². The van der Waals surface area contributed by atoms with E-state index in [9.17, 15) is 4.79 Å². The van der Waals surface area contributed by atoms with Crippen molar-refractivity contribution in [3.05, 3.63) is 71.8 Å². The molecule has 7 nitrogen and oxygen atoms in total. The van der Waals surface area contributed by atoms with E-state index >= 15 is 0 Å². The number of aryl methyl sites for hydroxylation is 1. The predicted molar refractivity (Wildman–Crippen MR) is 110 cm³/mol. The first-order valence-electron chi connectivity index (χ1n) is 9.66. The molecule has 1 aliphatic rings. The average Bonchev–Trinajstić information content (AvgIpc) is 2.74. The zero-order valence-corrected chi connectivity index (χ0v) is 16.3. The Morgan fingerprint density at radius 2 is 1.90 bits per heavy atom. The van der Waals surface area contributed by atoms with Gasteiger partial charge in [0.15, 0.2) is 0 Å². The van der Waals surface area contributed by atoms with Crippen molar-refractivity contribution < 1.29 is 9.53 Å². The molecular weight excluding hydrogens is 366 g/mol. The molecule has 0 unspecified atom stereocenters. The van der Waals surface area contributed by atoms with Gasteiger partial charge in [-0.15, -0.1) is 0 Å². The van der Waals surface area contributed by atoms with Crippen LogP contribution in [0.2, 0.25) is 0 Å². The van der Waals surface area contributed by atoms with Crippen LogP contribution in [0.5, 0.6) is 11.6 Å². The number of rotatable bonds is 4. The number of nitrogens with two attached hydrogens (primary N) is 1. The van der Waals surface area contributed by atoms with Gasteiger partial charge in [-0.3, -0.25) is 9.78 Å². The van der Waals surface area contributed by atoms with Gasteiger partial charge in [0.25, 0.3) is 5.91 Å². The van der Waals surface area contributed by atoms with Crippen molar-refractivity contribution in [3.8, 4) is 11.6 Å². The monoisotopic (exact) mass is 389 g/mol. The van der Waals surface area contributed by atoms with Crippen molar-refractivity contribution in [2.45, 2.75) is 25.7 Å². The van der Waals surface area contributed by atoms with E-state index in [4.69, 9.17) is 10.5 Å². The molecule has 2 aromatic heterocycles. The van der Waals surface area contributed by atoms with E-state index in [1.807, 2.05) is 36.1 Å². The Kier molecular flexibility index (Phi) is 5.37. The maximum absolute atomic E-state index is 12.7. The minimum Gasteiger partial charge on any atom is -0.437 e. The predicted octanol–water partition coefficient (Wildman–Crippen LogP) is 3.57. The number of carbonyl (C=O) groups is 1. The fraction of sp³-hybridized carbons (Fsp3) is 0.273. The van der Waals surface area contributed by atoms with E-state index in [0.717, 1.165) is 29.8 Å². The van der Waals surface area contributed by atoms with Crippen molar-refractivity contribution in [2.24, 2.45) is 0 Å². The van der Waals surface area contributed by atoms with Crippen molar-refractivity contribution in [1.29, 1.82) is 0 Å². The summed E-state index contributed by atoms with van der Waals surface area (Å²) in [5.74, 6) is 1.85. The van der Waals surface area contributed by atoms with Gasteiger partial charge < -0.3 is 15.4 Å². The van der Waals surface area contributed by atoms with E-state index in [2.05, 4.69) is 15.0 Å². The summed E-state index contributed by atoms with van der Waals surface area (Å²) in [5, 5.41) is 0. The number of carbonyl (C=O) groups excluding carboxylic acids is 1. The van der Waals surface area contributed by atoms with Gasteiger partial charge in [-0.05, 0) is 49.6 Å². The van der Waals surface area contributed by atoms with Crippen LogP contribution in [-0.2, 0) is 0 Å². The number of hydrogen-bond donors (Lipinski definition) is 1. The summed E-state index contributed by atoms with van der Waals surface area (Å²) in [6, 6.07) is 11.2. The molecule has 0 atom stereocenters. The van der Waals surface area contributed by atoms with E-state index in [0.29, 0.717) is 30.4 Å². The van der Waals surface area contributed by atoms with E-state index in [-0.39, 0.29) is 11.8 Å². The quantitative estimate of drug-likeness (QED) is 0.733. The fourth-order valence-electron chi connectivity index (χ4n) is 3.56. The fourth-order valence-corrected chi connectivity index (χ4v) is 3.56. The first kappa shape index (κ1) is 18.9. The second kappa shape index (κ2) is 8.26. The number of piperidine rings is 1. The molecule has 1 aromatic carbocycles. The van der Waals surface area contributed by atoms with Crippen LogP contribution in [0.1, 0.15) is 40.4 Å². The average molecular weight is 389 g/mol. The first-order valence-corrected chi connectivity index (χ1v) is 9.66. The SMILES string of the molecule is Cc1cccc(Oc2nccnc2C2CCN(C(=O)c3ccc(N)nc3)CC2)c1. The molecular formula is C22H23N5O2. The molecule has 0 spiro atoms. The molecule has 0 bridgehead atoms. The van der Waals surface area contributed by atoms with Crippen molar-refractivity contribution >= 4 is 11.7 Å². The lowest BCUT2D eigenvalue weighted by atomic mass is 9.93. The highest BCUT2D eigenvalue weighted by molar-refractivity contribution is 5.94. The number of hydrogen-bond acceptors (Lipinski definition) is 6. The molecule has 0 aliphatic carbocycles. The van der Waals surface area contributed by atoms with Crippen molar-refractivity contribution in [1.82, 2.24) is 19.9 Å². The lowest BCUT2D eigenvalue weighted by Gasteiger charge is -2.32. The third-order valence-electron chi connectivity index (χ3n) is 5.10. The number of benzene rings is 1. The normalized spacial score (nSPS) is 14.6. The smallest absolute Gasteiger partial charge is 0.255 e. The van der Waals surface area contributed by atoms with Gasteiger partial charge in [-0.1, -0.05) is 12.1 Å². The summed E-state index contributed by atoms with van der Waals surface area (Å²) in [5.41, 5.74) is 8.13. The standard InChI is InChI=1S/C22H23N5O2/c1-15-3-2-4-18(13-15)29-21-20(24-9-10-25-21)16-7-11-27(12-8-16)22(28)17-5-6-19(23)26-14-17/h2-6,9-10,13-14,16H,7-8,11-12H2,1H3,(H2,23,26). The van der Waals surface area contributed by atoms with Crippen LogP contribution in [0, 0.1) is 6.92 Å². The maximum Gasteiger partial charge on any atom is 0.255 e. The van der Waals surface area contributed by atoms with Gasteiger partial charge in [-0.25, -0.2) is 9.97 Å². The largest absolute Gasteiger partial charge is 0.437 e. The topological polar surface area (TPSA) is 94.2 Å². The zero-order valence-electron chi connectivity index (χ0n) is 16.3. The molecule has 0 radical (unpaired) electrons. The van der Waals surface area contributed by atoms with Crippen LogP contribution < -0.4 is 10.5 Å². The maximum atomic E-state index is 12.7. The second-order valence-corrected chi connectivity index (χ2v) is 7.20. The number of ether oxygens (including phenoxy) is 1. The van der Waals surface area contributed by atoms with E-state index in [1.165, 1.54) is 6.20 Å². The number of pyridine rings is 1. The number of nitrogens with zero attached hydrogens (tertiary/aromatic N) is 4. The Labute approximate surface area is 169 Å². The summed E-state index contributed by atoms with van der Waals surface area (Å²) in [6.07, 6.45) is 6.46. The molecule has 29 heavy (non-hydrogen) atoms. The van der Waals surface area contributed by atoms with Crippen LogP contribution in [-0.4, -0.2) is 38.8 Å². The van der Waals surface area contributed by atoms with Crippen LogP contribution >= 0.6 is 0 Å². The lowest BCUT2D eigenvalue weighted by molar-refractivity contribution is 0.0711. The Hall–Kier alpha value is -3.48. The van der Waals surface area contributed by atoms with Crippen LogP contribution in [0.25, 0.3) is 0 Å². The summed E-state index contributed by atoms with van der Waals surface area (Å²) < 4.78 is 6.02. The van der Waals surface area contributed by atoms with Crippen LogP contribution in [0.15, 0.2) is 55.0 Å². The molecule has 1 aliphatic heterocycles. The van der Waals surface area contributed by atoms with Gasteiger partial charge in [0.1, 0.15) is 17.3 Å². The molecule has 4 rings (SSSR count). The minimum atomic E-state index is -0.0219.